The fourth-order valence-electron chi connectivity index (χ4n) is 3.24. The van der Waals surface area contributed by atoms with Crippen molar-refractivity contribution in [3.8, 4) is 0 Å². The van der Waals surface area contributed by atoms with Gasteiger partial charge in [-0.25, -0.2) is 9.78 Å². The van der Waals surface area contributed by atoms with Crippen molar-refractivity contribution in [2.75, 3.05) is 0 Å². The van der Waals surface area contributed by atoms with Gasteiger partial charge in [0.2, 0.25) is 0 Å². The van der Waals surface area contributed by atoms with Gasteiger partial charge in [0.15, 0.2) is 0 Å². The molecule has 3 rings (SSSR count). The molecule has 27 heavy (non-hydrogen) atoms. The Morgan fingerprint density at radius 1 is 1.19 bits per heavy atom. The number of aryl methyl sites for hydroxylation is 1. The Kier molecular flexibility index (Phi) is 5.29. The number of aromatic nitrogens is 4. The van der Waals surface area contributed by atoms with Crippen LogP contribution in [0.3, 0.4) is 0 Å². The molecule has 1 aliphatic rings. The number of amides is 2. The molecule has 2 aromatic rings. The van der Waals surface area contributed by atoms with E-state index in [1.54, 1.807) is 13.0 Å². The van der Waals surface area contributed by atoms with Gasteiger partial charge >= 0.3 is 6.09 Å². The second-order valence-electron chi connectivity index (χ2n) is 7.82. The summed E-state index contributed by atoms with van der Waals surface area (Å²) >= 11 is 0. The molecule has 2 amide bonds. The predicted octanol–water partition coefficient (Wildman–Crippen LogP) is 2.00. The van der Waals surface area contributed by atoms with Gasteiger partial charge < -0.3 is 15.4 Å². The third kappa shape index (κ3) is 4.72. The number of rotatable bonds is 3. The van der Waals surface area contributed by atoms with Gasteiger partial charge in [-0.1, -0.05) is 12.8 Å². The number of nitrogens with one attached hydrogen (secondary N) is 2. The smallest absolute Gasteiger partial charge is 0.407 e. The first-order valence-electron chi connectivity index (χ1n) is 9.22. The van der Waals surface area contributed by atoms with Crippen LogP contribution in [0.1, 0.15) is 62.8 Å². The maximum Gasteiger partial charge on any atom is 0.407 e. The summed E-state index contributed by atoms with van der Waals surface area (Å²) in [5.74, 6) is 0.660. The highest BCUT2D eigenvalue weighted by atomic mass is 16.6. The summed E-state index contributed by atoms with van der Waals surface area (Å²) in [4.78, 5) is 33.2. The van der Waals surface area contributed by atoms with Crippen molar-refractivity contribution >= 4 is 17.8 Å². The first-order valence-corrected chi connectivity index (χ1v) is 9.22. The maximum atomic E-state index is 12.8. The van der Waals surface area contributed by atoms with Gasteiger partial charge in [0.1, 0.15) is 17.1 Å². The molecule has 0 aromatic carbocycles. The number of hydrogen-bond acceptors (Lipinski definition) is 6. The van der Waals surface area contributed by atoms with Crippen LogP contribution in [-0.2, 0) is 4.74 Å². The van der Waals surface area contributed by atoms with Crippen LogP contribution in [0.25, 0.3) is 5.78 Å². The molecule has 9 heteroatoms. The largest absolute Gasteiger partial charge is 0.444 e. The lowest BCUT2D eigenvalue weighted by molar-refractivity contribution is 0.0474. The van der Waals surface area contributed by atoms with E-state index in [9.17, 15) is 9.59 Å². The zero-order valence-corrected chi connectivity index (χ0v) is 16.2. The summed E-state index contributed by atoms with van der Waals surface area (Å²) < 4.78 is 6.78. The van der Waals surface area contributed by atoms with E-state index in [-0.39, 0.29) is 18.0 Å². The highest BCUT2D eigenvalue weighted by Crippen LogP contribution is 2.20. The number of nitrogens with zero attached hydrogens (tertiary/aromatic N) is 4. The van der Waals surface area contributed by atoms with Crippen LogP contribution in [0.2, 0.25) is 0 Å². The number of hydrogen-bond donors (Lipinski definition) is 2. The van der Waals surface area contributed by atoms with E-state index in [1.807, 2.05) is 20.8 Å². The van der Waals surface area contributed by atoms with Gasteiger partial charge in [0, 0.05) is 12.2 Å². The number of fused-ring (bicyclic) bond motifs is 1. The van der Waals surface area contributed by atoms with Crippen molar-refractivity contribution in [2.45, 2.75) is 71.1 Å². The van der Waals surface area contributed by atoms with Crippen molar-refractivity contribution in [2.24, 2.45) is 0 Å². The molecular formula is C18H26N6O3. The van der Waals surface area contributed by atoms with E-state index in [0.717, 1.165) is 25.7 Å². The molecular weight excluding hydrogens is 348 g/mol. The monoisotopic (exact) mass is 374 g/mol. The molecule has 2 heterocycles. The van der Waals surface area contributed by atoms with E-state index in [1.165, 1.54) is 10.7 Å². The van der Waals surface area contributed by atoms with E-state index >= 15 is 0 Å². The average Bonchev–Trinajstić information content (AvgIpc) is 2.94. The van der Waals surface area contributed by atoms with Gasteiger partial charge in [-0.05, 0) is 46.6 Å². The molecule has 0 radical (unpaired) electrons. The van der Waals surface area contributed by atoms with Crippen molar-refractivity contribution in [1.82, 2.24) is 30.2 Å². The SMILES string of the molecule is Cc1nc2nccc(C(=O)N[C@H]3CCCC[C@@H]3NC(=O)OC(C)(C)C)n2n1. The van der Waals surface area contributed by atoms with Crippen molar-refractivity contribution in [1.29, 1.82) is 0 Å². The number of carbonyl (C=O) groups is 2. The van der Waals surface area contributed by atoms with Crippen molar-refractivity contribution in [3.05, 3.63) is 23.8 Å². The van der Waals surface area contributed by atoms with Crippen LogP contribution in [0.5, 0.6) is 0 Å². The number of ether oxygens (including phenoxy) is 1. The second kappa shape index (κ2) is 7.50. The highest BCUT2D eigenvalue weighted by Gasteiger charge is 2.30. The van der Waals surface area contributed by atoms with Crippen LogP contribution < -0.4 is 10.6 Å². The summed E-state index contributed by atoms with van der Waals surface area (Å²) in [6.45, 7) is 7.21. The molecule has 0 saturated heterocycles. The molecule has 2 N–H and O–H groups in total. The van der Waals surface area contributed by atoms with Crippen LogP contribution in [0.4, 0.5) is 4.79 Å². The molecule has 0 spiro atoms. The minimum atomic E-state index is -0.564. The third-order valence-corrected chi connectivity index (χ3v) is 4.36. The molecule has 1 fully saturated rings. The van der Waals surface area contributed by atoms with Crippen LogP contribution in [-0.4, -0.2) is 49.3 Å². The standard InChI is InChI=1S/C18H26N6O3/c1-11-20-16-19-10-9-14(24(16)23-11)15(25)21-12-7-5-6-8-13(12)22-17(26)27-18(2,3)4/h9-10,12-13H,5-8H2,1-4H3,(H,21,25)(H,22,26)/t12-,13-/m0/s1. The zero-order valence-electron chi connectivity index (χ0n) is 16.2. The first kappa shape index (κ1) is 19.1. The molecule has 0 bridgehead atoms. The Bertz CT molecular complexity index is 841. The summed E-state index contributed by atoms with van der Waals surface area (Å²) in [6, 6.07) is 1.26. The van der Waals surface area contributed by atoms with E-state index in [2.05, 4.69) is 25.7 Å². The summed E-state index contributed by atoms with van der Waals surface area (Å²) in [5, 5.41) is 10.2. The fourth-order valence-corrected chi connectivity index (χ4v) is 3.24. The molecule has 9 nitrogen and oxygen atoms in total. The Balaban J connectivity index is 1.71. The zero-order chi connectivity index (χ0) is 19.6. The van der Waals surface area contributed by atoms with Crippen molar-refractivity contribution in [3.63, 3.8) is 0 Å². The van der Waals surface area contributed by atoms with Crippen LogP contribution in [0, 0.1) is 6.92 Å². The van der Waals surface area contributed by atoms with Crippen LogP contribution in [0.15, 0.2) is 12.3 Å². The van der Waals surface area contributed by atoms with Gasteiger partial charge in [-0.3, -0.25) is 4.79 Å². The lowest BCUT2D eigenvalue weighted by atomic mass is 9.90. The Morgan fingerprint density at radius 3 is 2.52 bits per heavy atom. The van der Waals surface area contributed by atoms with Gasteiger partial charge in [0.25, 0.3) is 11.7 Å². The number of carbonyl (C=O) groups excluding carboxylic acids is 2. The molecule has 1 saturated carbocycles. The lowest BCUT2D eigenvalue weighted by Gasteiger charge is -2.33. The van der Waals surface area contributed by atoms with Gasteiger partial charge in [-0.2, -0.15) is 9.50 Å². The minimum Gasteiger partial charge on any atom is -0.444 e. The summed E-state index contributed by atoms with van der Waals surface area (Å²) in [7, 11) is 0. The van der Waals surface area contributed by atoms with E-state index in [0.29, 0.717) is 17.3 Å². The maximum absolute atomic E-state index is 12.8. The van der Waals surface area contributed by atoms with Gasteiger partial charge in [0.05, 0.1) is 6.04 Å². The number of alkyl carbamates (subject to hydrolysis) is 1. The minimum absolute atomic E-state index is 0.174. The topological polar surface area (TPSA) is 111 Å². The average molecular weight is 374 g/mol. The highest BCUT2D eigenvalue weighted by molar-refractivity contribution is 5.93. The molecule has 0 aliphatic heterocycles. The Morgan fingerprint density at radius 2 is 1.85 bits per heavy atom. The molecule has 1 aliphatic carbocycles. The molecule has 2 aromatic heterocycles. The lowest BCUT2D eigenvalue weighted by Crippen LogP contribution is -2.54. The quantitative estimate of drug-likeness (QED) is 0.850. The molecule has 146 valence electrons. The Labute approximate surface area is 157 Å². The van der Waals surface area contributed by atoms with Crippen molar-refractivity contribution < 1.29 is 14.3 Å². The molecule has 0 unspecified atom stereocenters. The third-order valence-electron chi connectivity index (χ3n) is 4.36. The van der Waals surface area contributed by atoms with E-state index < -0.39 is 11.7 Å². The van der Waals surface area contributed by atoms with Gasteiger partial charge in [-0.15, -0.1) is 5.10 Å². The summed E-state index contributed by atoms with van der Waals surface area (Å²) in [5.41, 5.74) is -0.201. The Hall–Kier alpha value is -2.71. The predicted molar refractivity (Wildman–Crippen MR) is 98.4 cm³/mol. The van der Waals surface area contributed by atoms with E-state index in [4.69, 9.17) is 4.74 Å². The molecule has 2 atom stereocenters. The first-order chi connectivity index (χ1) is 12.7. The summed E-state index contributed by atoms with van der Waals surface area (Å²) in [6.07, 6.45) is 4.64. The normalized spacial score (nSPS) is 20.3. The fraction of sp³-hybridized carbons (Fsp3) is 0.611. The van der Waals surface area contributed by atoms with Crippen LogP contribution >= 0.6 is 0 Å². The second-order valence-corrected chi connectivity index (χ2v) is 7.82.